The van der Waals surface area contributed by atoms with E-state index in [1.54, 1.807) is 7.11 Å². The van der Waals surface area contributed by atoms with Gasteiger partial charge >= 0.3 is 0 Å². The van der Waals surface area contributed by atoms with E-state index in [0.717, 1.165) is 17.7 Å². The molecule has 0 radical (unpaired) electrons. The third-order valence-electron chi connectivity index (χ3n) is 2.29. The van der Waals surface area contributed by atoms with Gasteiger partial charge in [-0.1, -0.05) is 25.1 Å². The molecule has 4 nitrogen and oxygen atoms in total. The Morgan fingerprint density at radius 2 is 2.12 bits per heavy atom. The molecular weight excluding hydrogens is 204 g/mol. The summed E-state index contributed by atoms with van der Waals surface area (Å²) >= 11 is 0. The third kappa shape index (κ3) is 3.48. The van der Waals surface area contributed by atoms with Crippen molar-refractivity contribution < 1.29 is 9.47 Å². The van der Waals surface area contributed by atoms with Gasteiger partial charge in [-0.3, -0.25) is 11.3 Å². The number of nitrogens with two attached hydrogens (primary N) is 1. The van der Waals surface area contributed by atoms with Crippen molar-refractivity contribution in [2.45, 2.75) is 19.4 Å². The van der Waals surface area contributed by atoms with E-state index in [9.17, 15) is 0 Å². The predicted octanol–water partition coefficient (Wildman–Crippen LogP) is 1.63. The predicted molar refractivity (Wildman–Crippen MR) is 64.2 cm³/mol. The fraction of sp³-hybridized carbons (Fsp3) is 0.500. The molecule has 0 aliphatic heterocycles. The lowest BCUT2D eigenvalue weighted by atomic mass is 10.1. The lowest BCUT2D eigenvalue weighted by Crippen LogP contribution is -2.31. The number of para-hydroxylation sites is 1. The highest BCUT2D eigenvalue weighted by Crippen LogP contribution is 2.24. The quantitative estimate of drug-likeness (QED) is 0.546. The number of benzene rings is 1. The van der Waals surface area contributed by atoms with Crippen LogP contribution in [-0.2, 0) is 4.74 Å². The van der Waals surface area contributed by atoms with Crippen LogP contribution in [0.25, 0.3) is 0 Å². The largest absolute Gasteiger partial charge is 0.493 e. The molecule has 0 fully saturated rings. The van der Waals surface area contributed by atoms with Crippen molar-refractivity contribution in [3.05, 3.63) is 29.8 Å². The first-order valence-electron chi connectivity index (χ1n) is 5.50. The van der Waals surface area contributed by atoms with Crippen LogP contribution in [0.3, 0.4) is 0 Å². The number of methoxy groups -OCH3 is 1. The summed E-state index contributed by atoms with van der Waals surface area (Å²) in [6.07, 6.45) is 0.985. The molecule has 1 aromatic carbocycles. The number of hydrogen-bond donors (Lipinski definition) is 2. The van der Waals surface area contributed by atoms with Gasteiger partial charge < -0.3 is 9.47 Å². The Hall–Kier alpha value is -1.10. The molecule has 1 atom stereocenters. The maximum atomic E-state index is 5.66. The van der Waals surface area contributed by atoms with Gasteiger partial charge in [-0.25, -0.2) is 0 Å². The van der Waals surface area contributed by atoms with Crippen LogP contribution in [0.2, 0.25) is 0 Å². The van der Waals surface area contributed by atoms with Gasteiger partial charge in [0.25, 0.3) is 0 Å². The average molecular weight is 224 g/mol. The van der Waals surface area contributed by atoms with Crippen LogP contribution in [-0.4, -0.2) is 20.3 Å². The molecule has 0 aliphatic carbocycles. The van der Waals surface area contributed by atoms with Gasteiger partial charge in [-0.05, 0) is 12.5 Å². The summed E-state index contributed by atoms with van der Waals surface area (Å²) in [4.78, 5) is 0. The Kier molecular flexibility index (Phi) is 5.85. The molecular formula is C12H20N2O2. The lowest BCUT2D eigenvalue weighted by Gasteiger charge is -2.18. The molecule has 0 aliphatic rings. The highest BCUT2D eigenvalue weighted by Gasteiger charge is 2.13. The van der Waals surface area contributed by atoms with Crippen LogP contribution in [0.15, 0.2) is 24.3 Å². The normalized spacial score (nSPS) is 12.4. The number of ether oxygens (including phenoxy) is 2. The first-order chi connectivity index (χ1) is 7.83. The zero-order chi connectivity index (χ0) is 11.8. The molecule has 0 amide bonds. The number of rotatable bonds is 7. The van der Waals surface area contributed by atoms with Crippen molar-refractivity contribution in [1.82, 2.24) is 5.43 Å². The van der Waals surface area contributed by atoms with Gasteiger partial charge in [0.1, 0.15) is 5.75 Å². The van der Waals surface area contributed by atoms with E-state index in [0.29, 0.717) is 13.2 Å². The summed E-state index contributed by atoms with van der Waals surface area (Å²) in [7, 11) is 1.65. The minimum Gasteiger partial charge on any atom is -0.493 e. The molecule has 0 saturated heterocycles. The second-order valence-corrected chi connectivity index (χ2v) is 3.56. The lowest BCUT2D eigenvalue weighted by molar-refractivity contribution is 0.165. The van der Waals surface area contributed by atoms with Crippen LogP contribution in [0.5, 0.6) is 5.75 Å². The molecule has 1 rings (SSSR count). The van der Waals surface area contributed by atoms with Crippen LogP contribution < -0.4 is 16.0 Å². The summed E-state index contributed by atoms with van der Waals surface area (Å²) in [5.74, 6) is 6.37. The average Bonchev–Trinajstić information content (AvgIpc) is 2.34. The highest BCUT2D eigenvalue weighted by molar-refractivity contribution is 5.35. The zero-order valence-electron chi connectivity index (χ0n) is 9.90. The standard InChI is InChI=1S/C12H20N2O2/c1-3-8-16-12-7-5-4-6-10(12)11(14-13)9-15-2/h4-7,11,14H,3,8-9,13H2,1-2H3. The fourth-order valence-corrected chi connectivity index (χ4v) is 1.51. The van der Waals surface area contributed by atoms with Crippen LogP contribution >= 0.6 is 0 Å². The van der Waals surface area contributed by atoms with Crippen molar-refractivity contribution in [2.75, 3.05) is 20.3 Å². The van der Waals surface area contributed by atoms with Gasteiger partial charge in [-0.2, -0.15) is 0 Å². The van der Waals surface area contributed by atoms with E-state index in [-0.39, 0.29) is 6.04 Å². The molecule has 0 spiro atoms. The van der Waals surface area contributed by atoms with Gasteiger partial charge in [-0.15, -0.1) is 0 Å². The van der Waals surface area contributed by atoms with E-state index in [2.05, 4.69) is 12.3 Å². The maximum Gasteiger partial charge on any atom is 0.124 e. The van der Waals surface area contributed by atoms with Crippen LogP contribution in [0.4, 0.5) is 0 Å². The smallest absolute Gasteiger partial charge is 0.124 e. The Labute approximate surface area is 96.7 Å². The number of hydrogen-bond acceptors (Lipinski definition) is 4. The Morgan fingerprint density at radius 3 is 2.75 bits per heavy atom. The van der Waals surface area contributed by atoms with Gasteiger partial charge in [0.15, 0.2) is 0 Å². The minimum absolute atomic E-state index is 0.0435. The molecule has 4 heteroatoms. The monoisotopic (exact) mass is 224 g/mol. The molecule has 0 saturated carbocycles. The van der Waals surface area contributed by atoms with Gasteiger partial charge in [0, 0.05) is 12.7 Å². The summed E-state index contributed by atoms with van der Waals surface area (Å²) in [6.45, 7) is 3.31. The van der Waals surface area contributed by atoms with Crippen molar-refractivity contribution in [1.29, 1.82) is 0 Å². The zero-order valence-corrected chi connectivity index (χ0v) is 9.90. The van der Waals surface area contributed by atoms with Crippen molar-refractivity contribution in [2.24, 2.45) is 5.84 Å². The van der Waals surface area contributed by atoms with E-state index < -0.39 is 0 Å². The third-order valence-corrected chi connectivity index (χ3v) is 2.29. The van der Waals surface area contributed by atoms with Gasteiger partial charge in [0.05, 0.1) is 19.3 Å². The van der Waals surface area contributed by atoms with Crippen molar-refractivity contribution >= 4 is 0 Å². The molecule has 1 unspecified atom stereocenters. The second-order valence-electron chi connectivity index (χ2n) is 3.56. The second kappa shape index (κ2) is 7.22. The van der Waals surface area contributed by atoms with Crippen molar-refractivity contribution in [3.8, 4) is 5.75 Å². The summed E-state index contributed by atoms with van der Waals surface area (Å²) in [5, 5.41) is 0. The van der Waals surface area contributed by atoms with Crippen LogP contribution in [0.1, 0.15) is 24.9 Å². The Morgan fingerprint density at radius 1 is 1.38 bits per heavy atom. The first kappa shape index (κ1) is 13.0. The molecule has 0 bridgehead atoms. The van der Waals surface area contributed by atoms with E-state index in [1.807, 2.05) is 24.3 Å². The first-order valence-corrected chi connectivity index (χ1v) is 5.50. The summed E-state index contributed by atoms with van der Waals surface area (Å²) < 4.78 is 10.8. The van der Waals surface area contributed by atoms with E-state index in [1.165, 1.54) is 0 Å². The molecule has 3 N–H and O–H groups in total. The Bertz CT molecular complexity index is 305. The Balaban J connectivity index is 2.82. The topological polar surface area (TPSA) is 56.5 Å². The van der Waals surface area contributed by atoms with Crippen LogP contribution in [0, 0.1) is 0 Å². The fourth-order valence-electron chi connectivity index (χ4n) is 1.51. The van der Waals surface area contributed by atoms with Gasteiger partial charge in [0.2, 0.25) is 0 Å². The highest BCUT2D eigenvalue weighted by atomic mass is 16.5. The van der Waals surface area contributed by atoms with Crippen molar-refractivity contribution in [3.63, 3.8) is 0 Å². The molecule has 0 aromatic heterocycles. The maximum absolute atomic E-state index is 5.66. The van der Waals surface area contributed by atoms with E-state index >= 15 is 0 Å². The van der Waals surface area contributed by atoms with E-state index in [4.69, 9.17) is 15.3 Å². The summed E-state index contributed by atoms with van der Waals surface area (Å²) in [6, 6.07) is 7.82. The molecule has 16 heavy (non-hydrogen) atoms. The molecule has 90 valence electrons. The minimum atomic E-state index is -0.0435. The number of nitrogens with one attached hydrogen (secondary N) is 1. The summed E-state index contributed by atoms with van der Waals surface area (Å²) in [5.41, 5.74) is 3.76. The number of hydrazine groups is 1. The molecule has 1 aromatic rings. The SMILES string of the molecule is CCCOc1ccccc1C(COC)NN. The molecule has 0 heterocycles.